The molecule has 0 radical (unpaired) electrons. The molecule has 1 aliphatic carbocycles. The summed E-state index contributed by atoms with van der Waals surface area (Å²) in [7, 11) is 0. The maximum Gasteiger partial charge on any atom is 0.193 e. The zero-order valence-electron chi connectivity index (χ0n) is 18.3. The van der Waals surface area contributed by atoms with E-state index in [4.69, 9.17) is 4.74 Å². The Morgan fingerprint density at radius 1 is 0.606 bits per heavy atom. The van der Waals surface area contributed by atoms with Crippen molar-refractivity contribution in [1.82, 2.24) is 0 Å². The molecule has 6 rings (SSSR count). The van der Waals surface area contributed by atoms with Gasteiger partial charge in [-0.2, -0.15) is 0 Å². The molecule has 0 unspecified atom stereocenters. The van der Waals surface area contributed by atoms with Crippen molar-refractivity contribution in [2.75, 3.05) is 0 Å². The summed E-state index contributed by atoms with van der Waals surface area (Å²) in [5.74, 6) is 0.760. The molecule has 4 aromatic rings. The average Bonchev–Trinajstić information content (AvgIpc) is 3.63. The van der Waals surface area contributed by atoms with Gasteiger partial charge in [0.15, 0.2) is 11.4 Å². The van der Waals surface area contributed by atoms with E-state index in [9.17, 15) is 4.79 Å². The summed E-state index contributed by atoms with van der Waals surface area (Å²) < 4.78 is 7.10. The molecule has 1 fully saturated rings. The fourth-order valence-electron chi connectivity index (χ4n) is 5.45. The summed E-state index contributed by atoms with van der Waals surface area (Å²) in [5.41, 5.74) is 3.45. The first-order chi connectivity index (χ1) is 16.3. The van der Waals surface area contributed by atoms with Gasteiger partial charge in [-0.05, 0) is 12.8 Å². The predicted molar refractivity (Wildman–Crippen MR) is 131 cm³/mol. The Bertz CT molecular complexity index is 1280. The first-order valence-corrected chi connectivity index (χ1v) is 11.5. The van der Waals surface area contributed by atoms with E-state index in [1.807, 2.05) is 72.8 Å². The third-order valence-corrected chi connectivity index (χ3v) is 7.04. The van der Waals surface area contributed by atoms with E-state index < -0.39 is 11.0 Å². The smallest absolute Gasteiger partial charge is 0.193 e. The first-order valence-electron chi connectivity index (χ1n) is 11.5. The molecule has 2 heteroatoms. The first kappa shape index (κ1) is 19.8. The topological polar surface area (TPSA) is 26.3 Å². The number of hydrogen-bond acceptors (Lipinski definition) is 2. The highest BCUT2D eigenvalue weighted by molar-refractivity contribution is 6.15. The highest BCUT2D eigenvalue weighted by Crippen LogP contribution is 2.72. The minimum absolute atomic E-state index is 0.0562. The SMILES string of the molecule is O=C(C1=C(c2ccccc2)OC(c2ccccc2)(c2ccccc2)C12CC2)c1ccccc1. The fraction of sp³-hybridized carbons (Fsp3) is 0.129. The Labute approximate surface area is 194 Å². The number of rotatable bonds is 5. The zero-order valence-corrected chi connectivity index (χ0v) is 18.3. The summed E-state index contributed by atoms with van der Waals surface area (Å²) >= 11 is 0. The van der Waals surface area contributed by atoms with Crippen molar-refractivity contribution in [2.24, 2.45) is 5.41 Å². The van der Waals surface area contributed by atoms with Crippen LogP contribution in [0.1, 0.15) is 39.9 Å². The summed E-state index contributed by atoms with van der Waals surface area (Å²) in [6.45, 7) is 0. The van der Waals surface area contributed by atoms with Crippen molar-refractivity contribution < 1.29 is 9.53 Å². The Balaban J connectivity index is 1.64. The molecule has 0 atom stereocenters. The van der Waals surface area contributed by atoms with Crippen LogP contribution in [0.25, 0.3) is 5.76 Å². The molecule has 160 valence electrons. The number of ketones is 1. The van der Waals surface area contributed by atoms with Crippen LogP contribution >= 0.6 is 0 Å². The van der Waals surface area contributed by atoms with Crippen LogP contribution in [0.3, 0.4) is 0 Å². The monoisotopic (exact) mass is 428 g/mol. The lowest BCUT2D eigenvalue weighted by atomic mass is 9.70. The minimum Gasteiger partial charge on any atom is -0.476 e. The van der Waals surface area contributed by atoms with Crippen LogP contribution in [0, 0.1) is 5.41 Å². The minimum atomic E-state index is -0.750. The van der Waals surface area contributed by atoms with Gasteiger partial charge in [0, 0.05) is 22.3 Å². The molecule has 1 heterocycles. The molecular formula is C31H24O2. The van der Waals surface area contributed by atoms with E-state index >= 15 is 0 Å². The van der Waals surface area contributed by atoms with Gasteiger partial charge < -0.3 is 4.74 Å². The van der Waals surface area contributed by atoms with Gasteiger partial charge in [-0.3, -0.25) is 4.79 Å². The molecule has 0 saturated heterocycles. The summed E-state index contributed by atoms with van der Waals surface area (Å²) in [6, 6.07) is 40.5. The summed E-state index contributed by atoms with van der Waals surface area (Å²) in [5, 5.41) is 0. The molecule has 1 spiro atoms. The molecular weight excluding hydrogens is 404 g/mol. The second kappa shape index (κ2) is 7.60. The molecule has 0 amide bonds. The molecule has 2 nitrogen and oxygen atoms in total. The molecule has 4 aromatic carbocycles. The van der Waals surface area contributed by atoms with Crippen molar-refractivity contribution in [3.05, 3.63) is 149 Å². The van der Waals surface area contributed by atoms with Gasteiger partial charge in [-0.1, -0.05) is 121 Å². The van der Waals surface area contributed by atoms with Gasteiger partial charge in [0.25, 0.3) is 0 Å². The van der Waals surface area contributed by atoms with Crippen LogP contribution in [0.4, 0.5) is 0 Å². The van der Waals surface area contributed by atoms with E-state index in [0.717, 1.165) is 35.1 Å². The number of hydrogen-bond donors (Lipinski definition) is 0. The van der Waals surface area contributed by atoms with Crippen LogP contribution < -0.4 is 0 Å². The van der Waals surface area contributed by atoms with Crippen LogP contribution in [0.5, 0.6) is 0 Å². The third-order valence-electron chi connectivity index (χ3n) is 7.04. The molecule has 0 N–H and O–H groups in total. The highest BCUT2D eigenvalue weighted by atomic mass is 16.5. The van der Waals surface area contributed by atoms with Crippen molar-refractivity contribution in [3.8, 4) is 0 Å². The average molecular weight is 429 g/mol. The maximum absolute atomic E-state index is 14.1. The normalized spacial score (nSPS) is 17.6. The summed E-state index contributed by atoms with van der Waals surface area (Å²) in [4.78, 5) is 14.1. The molecule has 1 saturated carbocycles. The Morgan fingerprint density at radius 3 is 1.55 bits per heavy atom. The quantitative estimate of drug-likeness (QED) is 0.319. The van der Waals surface area contributed by atoms with Crippen molar-refractivity contribution >= 4 is 11.5 Å². The van der Waals surface area contributed by atoms with Gasteiger partial charge in [0.2, 0.25) is 0 Å². The largest absolute Gasteiger partial charge is 0.476 e. The van der Waals surface area contributed by atoms with Crippen molar-refractivity contribution in [2.45, 2.75) is 18.4 Å². The van der Waals surface area contributed by atoms with Gasteiger partial charge in [0.05, 0.1) is 11.0 Å². The van der Waals surface area contributed by atoms with Crippen molar-refractivity contribution in [1.29, 1.82) is 0 Å². The predicted octanol–water partition coefficient (Wildman–Crippen LogP) is 7.03. The highest BCUT2D eigenvalue weighted by Gasteiger charge is 2.70. The number of benzene rings is 4. The lowest BCUT2D eigenvalue weighted by molar-refractivity contribution is 0.0453. The fourth-order valence-corrected chi connectivity index (χ4v) is 5.45. The number of Topliss-reactive ketones (excluding diaryl/α,β-unsaturated/α-hetero) is 1. The second-order valence-electron chi connectivity index (χ2n) is 8.86. The third kappa shape index (κ3) is 2.91. The van der Waals surface area contributed by atoms with Crippen LogP contribution in [-0.2, 0) is 10.3 Å². The van der Waals surface area contributed by atoms with Gasteiger partial charge in [0.1, 0.15) is 5.76 Å². The number of ether oxygens (including phenoxy) is 1. The van der Waals surface area contributed by atoms with Crippen LogP contribution in [0.2, 0.25) is 0 Å². The Morgan fingerprint density at radius 2 is 1.06 bits per heavy atom. The van der Waals surface area contributed by atoms with E-state index in [0.29, 0.717) is 11.3 Å². The molecule has 1 aliphatic heterocycles. The lowest BCUT2D eigenvalue weighted by Crippen LogP contribution is -2.38. The Hall–Kier alpha value is -3.91. The second-order valence-corrected chi connectivity index (χ2v) is 8.86. The van der Waals surface area contributed by atoms with E-state index in [1.165, 1.54) is 0 Å². The van der Waals surface area contributed by atoms with Crippen LogP contribution in [-0.4, -0.2) is 5.78 Å². The Kier molecular flexibility index (Phi) is 4.55. The van der Waals surface area contributed by atoms with Crippen molar-refractivity contribution in [3.63, 3.8) is 0 Å². The zero-order chi connectivity index (χ0) is 22.3. The van der Waals surface area contributed by atoms with Gasteiger partial charge in [-0.25, -0.2) is 0 Å². The molecule has 0 aromatic heterocycles. The van der Waals surface area contributed by atoms with E-state index in [-0.39, 0.29) is 5.78 Å². The lowest BCUT2D eigenvalue weighted by Gasteiger charge is -2.37. The molecule has 0 bridgehead atoms. The molecule has 33 heavy (non-hydrogen) atoms. The van der Waals surface area contributed by atoms with Crippen LogP contribution in [0.15, 0.2) is 127 Å². The molecule has 2 aliphatic rings. The standard InChI is InChI=1S/C31H24O2/c32-28(23-13-5-1-6-14-23)27-29(24-15-7-2-8-16-24)33-31(30(27)21-22-30,25-17-9-3-10-18-25)26-19-11-4-12-20-26/h1-20H,21-22H2. The van der Waals surface area contributed by atoms with E-state index in [1.54, 1.807) is 0 Å². The van der Waals surface area contributed by atoms with E-state index in [2.05, 4.69) is 48.5 Å². The number of carbonyl (C=O) groups excluding carboxylic acids is 1. The maximum atomic E-state index is 14.1. The summed E-state index contributed by atoms with van der Waals surface area (Å²) in [6.07, 6.45) is 1.81. The van der Waals surface area contributed by atoms with Gasteiger partial charge in [-0.15, -0.1) is 0 Å². The van der Waals surface area contributed by atoms with Gasteiger partial charge >= 0.3 is 0 Å². The number of carbonyl (C=O) groups is 1.